The number of nitriles is 1. The number of benzene rings is 2. The number of hydrogen-bond acceptors (Lipinski definition) is 4. The number of nitrogens with zero attached hydrogens (tertiary/aromatic N) is 2. The SMILES string of the molecule is CN(C)C(=O)COc1ccc(C(=O)/C=C\c2ccc(C#N)cc2)cc1. The zero-order valence-electron chi connectivity index (χ0n) is 14.1. The maximum absolute atomic E-state index is 12.2. The molecule has 0 bridgehead atoms. The first kappa shape index (κ1) is 18.0. The molecule has 0 N–H and O–H groups in total. The molecule has 0 aliphatic heterocycles. The number of ether oxygens (including phenoxy) is 1. The van der Waals surface area contributed by atoms with E-state index in [1.54, 1.807) is 68.7 Å². The average molecular weight is 334 g/mol. The van der Waals surface area contributed by atoms with Crippen LogP contribution in [0, 0.1) is 11.3 Å². The average Bonchev–Trinajstić information content (AvgIpc) is 2.64. The first-order chi connectivity index (χ1) is 12.0. The molecule has 0 spiro atoms. The number of hydrogen-bond donors (Lipinski definition) is 0. The van der Waals surface area contributed by atoms with Crippen molar-refractivity contribution in [3.63, 3.8) is 0 Å². The Bertz CT molecular complexity index is 814. The lowest BCUT2D eigenvalue weighted by Crippen LogP contribution is -2.27. The van der Waals surface area contributed by atoms with E-state index in [-0.39, 0.29) is 18.3 Å². The van der Waals surface area contributed by atoms with Crippen LogP contribution in [0.2, 0.25) is 0 Å². The molecule has 0 aliphatic rings. The topological polar surface area (TPSA) is 70.4 Å². The van der Waals surface area contributed by atoms with Gasteiger partial charge in [0.25, 0.3) is 5.91 Å². The van der Waals surface area contributed by atoms with Crippen molar-refractivity contribution < 1.29 is 14.3 Å². The lowest BCUT2D eigenvalue weighted by molar-refractivity contribution is -0.130. The van der Waals surface area contributed by atoms with E-state index in [1.807, 2.05) is 6.07 Å². The summed E-state index contributed by atoms with van der Waals surface area (Å²) in [5, 5.41) is 8.76. The van der Waals surface area contributed by atoms with E-state index < -0.39 is 0 Å². The lowest BCUT2D eigenvalue weighted by Gasteiger charge is -2.11. The van der Waals surface area contributed by atoms with Crippen molar-refractivity contribution in [1.82, 2.24) is 4.90 Å². The Morgan fingerprint density at radius 2 is 1.72 bits per heavy atom. The maximum atomic E-state index is 12.2. The summed E-state index contributed by atoms with van der Waals surface area (Å²) >= 11 is 0. The van der Waals surface area contributed by atoms with Gasteiger partial charge in [0.15, 0.2) is 12.4 Å². The third-order valence-electron chi connectivity index (χ3n) is 3.47. The van der Waals surface area contributed by atoms with Crippen LogP contribution in [0.15, 0.2) is 54.6 Å². The number of carbonyl (C=O) groups is 2. The van der Waals surface area contributed by atoms with Crippen LogP contribution in [0.5, 0.6) is 5.75 Å². The Labute approximate surface area is 146 Å². The predicted octanol–water partition coefficient (Wildman–Crippen LogP) is 2.92. The zero-order valence-corrected chi connectivity index (χ0v) is 14.1. The predicted molar refractivity (Wildman–Crippen MR) is 95.2 cm³/mol. The molecule has 0 saturated carbocycles. The standard InChI is InChI=1S/C20H18N2O3/c1-22(2)20(24)14-25-18-10-8-17(9-11-18)19(23)12-7-15-3-5-16(13-21)6-4-15/h3-12H,14H2,1-2H3/b12-7-. The van der Waals surface area contributed by atoms with Gasteiger partial charge in [0, 0.05) is 19.7 Å². The van der Waals surface area contributed by atoms with Crippen molar-refractivity contribution in [2.24, 2.45) is 0 Å². The van der Waals surface area contributed by atoms with Crippen LogP contribution in [0.1, 0.15) is 21.5 Å². The van der Waals surface area contributed by atoms with Crippen LogP contribution in [-0.2, 0) is 4.79 Å². The van der Waals surface area contributed by atoms with E-state index in [0.717, 1.165) is 5.56 Å². The van der Waals surface area contributed by atoms with Gasteiger partial charge in [-0.25, -0.2) is 0 Å². The largest absolute Gasteiger partial charge is 0.484 e. The monoisotopic (exact) mass is 334 g/mol. The minimum atomic E-state index is -0.139. The van der Waals surface area contributed by atoms with E-state index in [4.69, 9.17) is 10.00 Å². The number of amides is 1. The molecule has 5 nitrogen and oxygen atoms in total. The molecule has 0 atom stereocenters. The molecular weight excluding hydrogens is 316 g/mol. The Morgan fingerprint density at radius 3 is 2.28 bits per heavy atom. The highest BCUT2D eigenvalue weighted by molar-refractivity contribution is 6.06. The van der Waals surface area contributed by atoms with Crippen LogP contribution >= 0.6 is 0 Å². The molecule has 0 heterocycles. The van der Waals surface area contributed by atoms with Gasteiger partial charge in [-0.15, -0.1) is 0 Å². The molecule has 0 aliphatic carbocycles. The summed E-state index contributed by atoms with van der Waals surface area (Å²) in [7, 11) is 3.32. The van der Waals surface area contributed by atoms with Gasteiger partial charge >= 0.3 is 0 Å². The molecule has 2 aromatic carbocycles. The van der Waals surface area contributed by atoms with Crippen LogP contribution in [0.3, 0.4) is 0 Å². The molecular formula is C20H18N2O3. The number of ketones is 1. The van der Waals surface area contributed by atoms with Gasteiger partial charge in [-0.3, -0.25) is 9.59 Å². The summed E-state index contributed by atoms with van der Waals surface area (Å²) < 4.78 is 5.37. The summed E-state index contributed by atoms with van der Waals surface area (Å²) in [5.41, 5.74) is 1.94. The molecule has 0 radical (unpaired) electrons. The Balaban J connectivity index is 1.96. The second-order valence-corrected chi connectivity index (χ2v) is 5.53. The van der Waals surface area contributed by atoms with Crippen LogP contribution in [0.25, 0.3) is 6.08 Å². The minimum absolute atomic E-state index is 0.0428. The molecule has 25 heavy (non-hydrogen) atoms. The highest BCUT2D eigenvalue weighted by atomic mass is 16.5. The number of likely N-dealkylation sites (N-methyl/N-ethyl adjacent to an activating group) is 1. The van der Waals surface area contributed by atoms with Gasteiger partial charge < -0.3 is 9.64 Å². The number of rotatable bonds is 6. The van der Waals surface area contributed by atoms with Gasteiger partial charge in [0.1, 0.15) is 5.75 Å². The van der Waals surface area contributed by atoms with Gasteiger partial charge in [-0.05, 0) is 48.0 Å². The molecule has 0 aromatic heterocycles. The molecule has 0 unspecified atom stereocenters. The Morgan fingerprint density at radius 1 is 1.08 bits per heavy atom. The molecule has 2 rings (SSSR count). The summed E-state index contributed by atoms with van der Waals surface area (Å²) in [5.74, 6) is 0.258. The van der Waals surface area contributed by atoms with Crippen LogP contribution < -0.4 is 4.74 Å². The smallest absolute Gasteiger partial charge is 0.259 e. The molecule has 2 aromatic rings. The Kier molecular flexibility index (Phi) is 6.08. The van der Waals surface area contributed by atoms with Crippen LogP contribution in [0.4, 0.5) is 0 Å². The maximum Gasteiger partial charge on any atom is 0.259 e. The molecule has 5 heteroatoms. The number of allylic oxidation sites excluding steroid dienone is 1. The summed E-state index contributed by atoms with van der Waals surface area (Å²) in [6, 6.07) is 15.6. The van der Waals surface area contributed by atoms with Gasteiger partial charge in [0.2, 0.25) is 0 Å². The fourth-order valence-electron chi connectivity index (χ4n) is 1.93. The summed E-state index contributed by atoms with van der Waals surface area (Å²) in [6.07, 6.45) is 3.18. The van der Waals surface area contributed by atoms with E-state index in [9.17, 15) is 9.59 Å². The normalized spacial score (nSPS) is 10.3. The first-order valence-electron chi connectivity index (χ1n) is 7.65. The third kappa shape index (κ3) is 5.33. The van der Waals surface area contributed by atoms with E-state index in [2.05, 4.69) is 0 Å². The molecule has 126 valence electrons. The van der Waals surface area contributed by atoms with E-state index in [0.29, 0.717) is 16.9 Å². The second-order valence-electron chi connectivity index (χ2n) is 5.53. The third-order valence-corrected chi connectivity index (χ3v) is 3.47. The van der Waals surface area contributed by atoms with Crippen molar-refractivity contribution in [2.45, 2.75) is 0 Å². The minimum Gasteiger partial charge on any atom is -0.484 e. The second kappa shape index (κ2) is 8.46. The van der Waals surface area contributed by atoms with Crippen molar-refractivity contribution in [2.75, 3.05) is 20.7 Å². The molecule has 0 saturated heterocycles. The highest BCUT2D eigenvalue weighted by Crippen LogP contribution is 2.14. The van der Waals surface area contributed by atoms with E-state index >= 15 is 0 Å². The van der Waals surface area contributed by atoms with Gasteiger partial charge in [0.05, 0.1) is 11.6 Å². The fraction of sp³-hybridized carbons (Fsp3) is 0.150. The van der Waals surface area contributed by atoms with E-state index in [1.165, 1.54) is 11.0 Å². The highest BCUT2D eigenvalue weighted by Gasteiger charge is 2.06. The summed E-state index contributed by atoms with van der Waals surface area (Å²) in [6.45, 7) is -0.0428. The van der Waals surface area contributed by atoms with Gasteiger partial charge in [-0.1, -0.05) is 18.2 Å². The lowest BCUT2D eigenvalue weighted by atomic mass is 10.1. The van der Waals surface area contributed by atoms with Crippen molar-refractivity contribution in [3.8, 4) is 11.8 Å². The Hall–Kier alpha value is -3.39. The zero-order chi connectivity index (χ0) is 18.2. The molecule has 1 amide bonds. The molecule has 0 fully saturated rings. The van der Waals surface area contributed by atoms with Crippen molar-refractivity contribution >= 4 is 17.8 Å². The quantitative estimate of drug-likeness (QED) is 0.601. The number of carbonyl (C=O) groups excluding carboxylic acids is 2. The first-order valence-corrected chi connectivity index (χ1v) is 7.65. The summed E-state index contributed by atoms with van der Waals surface area (Å²) in [4.78, 5) is 25.1. The van der Waals surface area contributed by atoms with Crippen molar-refractivity contribution in [1.29, 1.82) is 5.26 Å². The van der Waals surface area contributed by atoms with Crippen molar-refractivity contribution in [3.05, 3.63) is 71.3 Å². The van der Waals surface area contributed by atoms with Crippen LogP contribution in [-0.4, -0.2) is 37.3 Å². The fourth-order valence-corrected chi connectivity index (χ4v) is 1.93. The van der Waals surface area contributed by atoms with Gasteiger partial charge in [-0.2, -0.15) is 5.26 Å².